The van der Waals surface area contributed by atoms with Crippen LogP contribution in [0.15, 0.2) is 16.9 Å². The van der Waals surface area contributed by atoms with Crippen molar-refractivity contribution in [2.45, 2.75) is 73.1 Å². The zero-order chi connectivity index (χ0) is 23.3. The number of ether oxygens (including phenoxy) is 2. The molecular weight excluding hydrogens is 439 g/mol. The lowest BCUT2D eigenvalue weighted by molar-refractivity contribution is 0.0521. The van der Waals surface area contributed by atoms with E-state index in [0.717, 1.165) is 12.8 Å². The average Bonchev–Trinajstić information content (AvgIpc) is 2.64. The van der Waals surface area contributed by atoms with Gasteiger partial charge in [-0.3, -0.25) is 4.79 Å². The van der Waals surface area contributed by atoms with Gasteiger partial charge < -0.3 is 19.4 Å². The van der Waals surface area contributed by atoms with E-state index in [-0.39, 0.29) is 18.0 Å². The maximum atomic E-state index is 13.4. The third-order valence-corrected chi connectivity index (χ3v) is 5.18. The average molecular weight is 471 g/mol. The largest absolute Gasteiger partial charge is 0.491 e. The van der Waals surface area contributed by atoms with Crippen LogP contribution in [0.3, 0.4) is 0 Å². The van der Waals surface area contributed by atoms with Crippen molar-refractivity contribution in [2.24, 2.45) is 5.92 Å². The molecule has 2 rings (SSSR count). The second-order valence-corrected chi connectivity index (χ2v) is 9.77. The standard InChI is InChI=1S/C23H32Cl2N2O4/c1-7-8-9-30-20-15-10-17(24)18(25)11-16(15)21(28)27(13-14(2)3)19(20)12-26-22(29)31-23(4,5)6/h10-11,14H,7-9,12-13H2,1-6H3,(H,26,29). The molecule has 0 aliphatic rings. The van der Waals surface area contributed by atoms with E-state index in [1.165, 1.54) is 0 Å². The van der Waals surface area contributed by atoms with Gasteiger partial charge >= 0.3 is 6.09 Å². The number of nitrogens with one attached hydrogen (secondary N) is 1. The molecule has 31 heavy (non-hydrogen) atoms. The van der Waals surface area contributed by atoms with Crippen molar-refractivity contribution in [3.8, 4) is 5.75 Å². The number of nitrogens with zero attached hydrogens (tertiary/aromatic N) is 1. The van der Waals surface area contributed by atoms with Crippen molar-refractivity contribution < 1.29 is 14.3 Å². The van der Waals surface area contributed by atoms with E-state index in [2.05, 4.69) is 12.2 Å². The molecule has 1 aromatic carbocycles. The first-order valence-electron chi connectivity index (χ1n) is 10.6. The molecule has 0 saturated heterocycles. The number of benzene rings is 1. The monoisotopic (exact) mass is 470 g/mol. The molecule has 0 aliphatic carbocycles. The van der Waals surface area contributed by atoms with Gasteiger partial charge in [-0.05, 0) is 45.2 Å². The van der Waals surface area contributed by atoms with E-state index in [4.69, 9.17) is 32.7 Å². The van der Waals surface area contributed by atoms with E-state index < -0.39 is 11.7 Å². The third-order valence-electron chi connectivity index (χ3n) is 4.46. The quantitative estimate of drug-likeness (QED) is 0.468. The molecule has 0 bridgehead atoms. The maximum absolute atomic E-state index is 13.4. The molecule has 1 N–H and O–H groups in total. The number of hydrogen-bond donors (Lipinski definition) is 1. The highest BCUT2D eigenvalue weighted by Gasteiger charge is 2.22. The Kier molecular flexibility index (Phi) is 8.66. The molecule has 0 fully saturated rings. The lowest BCUT2D eigenvalue weighted by Crippen LogP contribution is -2.35. The molecule has 0 spiro atoms. The maximum Gasteiger partial charge on any atom is 0.407 e. The van der Waals surface area contributed by atoms with Gasteiger partial charge in [0.25, 0.3) is 5.56 Å². The van der Waals surface area contributed by atoms with Crippen molar-refractivity contribution >= 4 is 40.1 Å². The Balaban J connectivity index is 2.65. The SMILES string of the molecule is CCCCOc1c(CNC(=O)OC(C)(C)C)n(CC(C)C)c(=O)c2cc(Cl)c(Cl)cc12. The summed E-state index contributed by atoms with van der Waals surface area (Å²) in [5, 5.41) is 4.41. The Morgan fingerprint density at radius 1 is 1.16 bits per heavy atom. The van der Waals surface area contributed by atoms with Crippen LogP contribution in [0.1, 0.15) is 60.1 Å². The van der Waals surface area contributed by atoms with Crippen LogP contribution in [0.2, 0.25) is 10.0 Å². The fourth-order valence-electron chi connectivity index (χ4n) is 3.14. The van der Waals surface area contributed by atoms with Gasteiger partial charge in [-0.25, -0.2) is 4.79 Å². The normalized spacial score (nSPS) is 11.8. The van der Waals surface area contributed by atoms with Gasteiger partial charge in [0.1, 0.15) is 11.4 Å². The predicted molar refractivity (Wildman–Crippen MR) is 127 cm³/mol. The summed E-state index contributed by atoms with van der Waals surface area (Å²) >= 11 is 12.5. The van der Waals surface area contributed by atoms with Crippen LogP contribution >= 0.6 is 23.2 Å². The second kappa shape index (κ2) is 10.6. The van der Waals surface area contributed by atoms with Gasteiger partial charge in [0.15, 0.2) is 0 Å². The van der Waals surface area contributed by atoms with Crippen LogP contribution in [-0.2, 0) is 17.8 Å². The molecule has 0 unspecified atom stereocenters. The first kappa shape index (κ1) is 25.3. The van der Waals surface area contributed by atoms with E-state index in [9.17, 15) is 9.59 Å². The number of pyridine rings is 1. The third kappa shape index (κ3) is 6.78. The number of halogens is 2. The Hall–Kier alpha value is -1.92. The fraction of sp³-hybridized carbons (Fsp3) is 0.565. The molecular formula is C23H32Cl2N2O4. The van der Waals surface area contributed by atoms with Crippen LogP contribution < -0.4 is 15.6 Å². The molecule has 2 aromatic rings. The molecule has 172 valence electrons. The van der Waals surface area contributed by atoms with Gasteiger partial charge in [-0.2, -0.15) is 0 Å². The topological polar surface area (TPSA) is 69.6 Å². The Bertz CT molecular complexity index is 994. The molecule has 0 aliphatic heterocycles. The Morgan fingerprint density at radius 3 is 2.32 bits per heavy atom. The fourth-order valence-corrected chi connectivity index (χ4v) is 3.47. The van der Waals surface area contributed by atoms with Crippen LogP contribution in [0.5, 0.6) is 5.75 Å². The highest BCUT2D eigenvalue weighted by molar-refractivity contribution is 6.42. The number of fused-ring (bicyclic) bond motifs is 1. The van der Waals surface area contributed by atoms with Crippen molar-refractivity contribution in [1.82, 2.24) is 9.88 Å². The van der Waals surface area contributed by atoms with Gasteiger partial charge in [-0.1, -0.05) is 50.4 Å². The number of rotatable bonds is 8. The zero-order valence-corrected chi connectivity index (χ0v) is 20.6. The minimum absolute atomic E-state index is 0.0779. The van der Waals surface area contributed by atoms with E-state index >= 15 is 0 Å². The minimum atomic E-state index is -0.629. The number of hydrogen-bond acceptors (Lipinski definition) is 4. The van der Waals surface area contributed by atoms with E-state index in [1.807, 2.05) is 13.8 Å². The second-order valence-electron chi connectivity index (χ2n) is 8.95. The molecule has 6 nitrogen and oxygen atoms in total. The molecule has 1 heterocycles. The van der Waals surface area contributed by atoms with Crippen LogP contribution in [0, 0.1) is 5.92 Å². The summed E-state index contributed by atoms with van der Waals surface area (Å²) in [4.78, 5) is 25.7. The summed E-state index contributed by atoms with van der Waals surface area (Å²) in [6.45, 7) is 12.5. The summed E-state index contributed by atoms with van der Waals surface area (Å²) in [5.41, 5.74) is -0.256. The summed E-state index contributed by atoms with van der Waals surface area (Å²) in [7, 11) is 0. The number of carbonyl (C=O) groups is 1. The molecule has 8 heteroatoms. The van der Waals surface area contributed by atoms with Crippen molar-refractivity contribution in [2.75, 3.05) is 6.61 Å². The smallest absolute Gasteiger partial charge is 0.407 e. The number of alkyl carbamates (subject to hydrolysis) is 1. The van der Waals surface area contributed by atoms with Crippen molar-refractivity contribution in [1.29, 1.82) is 0 Å². The first-order valence-corrected chi connectivity index (χ1v) is 11.3. The van der Waals surface area contributed by atoms with Gasteiger partial charge in [0.2, 0.25) is 0 Å². The highest BCUT2D eigenvalue weighted by atomic mass is 35.5. The van der Waals surface area contributed by atoms with Gasteiger partial charge in [0, 0.05) is 11.9 Å². The summed E-state index contributed by atoms with van der Waals surface area (Å²) < 4.78 is 13.1. The number of carbonyl (C=O) groups excluding carboxylic acids is 1. The van der Waals surface area contributed by atoms with Crippen molar-refractivity contribution in [3.63, 3.8) is 0 Å². The summed E-state index contributed by atoms with van der Waals surface area (Å²) in [6, 6.07) is 3.23. The number of unbranched alkanes of at least 4 members (excludes halogenated alkanes) is 1. The Labute approximate surface area is 193 Å². The summed E-state index contributed by atoms with van der Waals surface area (Å²) in [5.74, 6) is 0.722. The van der Waals surface area contributed by atoms with Gasteiger partial charge in [-0.15, -0.1) is 0 Å². The van der Waals surface area contributed by atoms with E-state index in [0.29, 0.717) is 45.4 Å². The molecule has 0 atom stereocenters. The lowest BCUT2D eigenvalue weighted by atomic mass is 10.1. The molecule has 0 radical (unpaired) electrons. The van der Waals surface area contributed by atoms with Gasteiger partial charge in [0.05, 0.1) is 34.3 Å². The van der Waals surface area contributed by atoms with E-state index in [1.54, 1.807) is 37.5 Å². The number of amides is 1. The molecule has 0 saturated carbocycles. The molecule has 1 amide bonds. The predicted octanol–water partition coefficient (Wildman–Crippen LogP) is 6.17. The Morgan fingerprint density at radius 2 is 1.77 bits per heavy atom. The molecule has 1 aromatic heterocycles. The summed E-state index contributed by atoms with van der Waals surface area (Å²) in [6.07, 6.45) is 1.25. The zero-order valence-electron chi connectivity index (χ0n) is 19.1. The van der Waals surface area contributed by atoms with Crippen LogP contribution in [-0.4, -0.2) is 22.9 Å². The lowest BCUT2D eigenvalue weighted by Gasteiger charge is -2.23. The highest BCUT2D eigenvalue weighted by Crippen LogP contribution is 2.34. The van der Waals surface area contributed by atoms with Crippen LogP contribution in [0.4, 0.5) is 4.79 Å². The van der Waals surface area contributed by atoms with Crippen LogP contribution in [0.25, 0.3) is 10.8 Å². The van der Waals surface area contributed by atoms with Crippen molar-refractivity contribution in [3.05, 3.63) is 38.2 Å². The minimum Gasteiger partial charge on any atom is -0.491 e. The first-order chi connectivity index (χ1) is 14.4. The number of aromatic nitrogens is 1.